The molecule has 0 fully saturated rings. The van der Waals surface area contributed by atoms with Crippen molar-refractivity contribution in [3.63, 3.8) is 0 Å². The van der Waals surface area contributed by atoms with Crippen molar-refractivity contribution in [3.05, 3.63) is 70.2 Å². The summed E-state index contributed by atoms with van der Waals surface area (Å²) >= 11 is 0. The monoisotopic (exact) mass is 255 g/mol. The van der Waals surface area contributed by atoms with Gasteiger partial charge in [0.15, 0.2) is 5.82 Å². The third-order valence-corrected chi connectivity index (χ3v) is 3.25. The second kappa shape index (κ2) is 4.02. The summed E-state index contributed by atoms with van der Waals surface area (Å²) in [6.45, 7) is 1.81. The lowest BCUT2D eigenvalue weighted by atomic mass is 9.99. The number of hydrogen-bond donors (Lipinski definition) is 0. The molecule has 19 heavy (non-hydrogen) atoms. The first-order chi connectivity index (χ1) is 9.11. The van der Waals surface area contributed by atoms with Crippen LogP contribution in [0.3, 0.4) is 0 Å². The standard InChI is InChI=1S/C15H10FNO2/c1-9-5-2-3-6-10(9)14-15(18)11-7-4-8-12(16)13(11)17(14)19/h2-8H,1H3. The van der Waals surface area contributed by atoms with Gasteiger partial charge in [0.1, 0.15) is 5.56 Å². The molecule has 0 radical (unpaired) electrons. The van der Waals surface area contributed by atoms with Gasteiger partial charge in [0, 0.05) is 0 Å². The third kappa shape index (κ3) is 1.57. The summed E-state index contributed by atoms with van der Waals surface area (Å²) in [7, 11) is 0. The maximum absolute atomic E-state index is 13.7. The molecule has 1 aliphatic rings. The van der Waals surface area contributed by atoms with E-state index in [2.05, 4.69) is 0 Å². The summed E-state index contributed by atoms with van der Waals surface area (Å²) in [6, 6.07) is 11.1. The van der Waals surface area contributed by atoms with Gasteiger partial charge in [0.25, 0.3) is 17.2 Å². The molecule has 0 N–H and O–H groups in total. The predicted octanol–water partition coefficient (Wildman–Crippen LogP) is 2.96. The second-order valence-corrected chi connectivity index (χ2v) is 4.42. The molecule has 3 rings (SSSR count). The van der Waals surface area contributed by atoms with E-state index in [1.165, 1.54) is 18.2 Å². The number of fused-ring (bicyclic) bond motifs is 1. The molecule has 1 heterocycles. The molecule has 0 atom stereocenters. The minimum atomic E-state index is -0.676. The Morgan fingerprint density at radius 2 is 1.74 bits per heavy atom. The Morgan fingerprint density at radius 1 is 1.05 bits per heavy atom. The van der Waals surface area contributed by atoms with Gasteiger partial charge in [-0.2, -0.15) is 9.13 Å². The Labute approximate surface area is 109 Å². The molecule has 1 aliphatic heterocycles. The molecular weight excluding hydrogens is 245 g/mol. The normalized spacial score (nSPS) is 13.9. The highest BCUT2D eigenvalue weighted by Crippen LogP contribution is 2.31. The lowest BCUT2D eigenvalue weighted by molar-refractivity contribution is -0.358. The Balaban J connectivity index is 2.29. The van der Waals surface area contributed by atoms with Crippen LogP contribution in [-0.2, 0) is 0 Å². The number of benzene rings is 2. The average Bonchev–Trinajstić information content (AvgIpc) is 2.64. The van der Waals surface area contributed by atoms with Crippen LogP contribution in [0.5, 0.6) is 0 Å². The molecular formula is C15H10FNO2. The summed E-state index contributed by atoms with van der Waals surface area (Å²) in [5.41, 5.74) is 1.26. The average molecular weight is 255 g/mol. The fraction of sp³-hybridized carbons (Fsp3) is 0.0667. The van der Waals surface area contributed by atoms with Crippen LogP contribution in [0.15, 0.2) is 42.5 Å². The van der Waals surface area contributed by atoms with Gasteiger partial charge in [0.05, 0.1) is 5.56 Å². The van der Waals surface area contributed by atoms with Gasteiger partial charge in [0.2, 0.25) is 0 Å². The Hall–Kier alpha value is -2.49. The summed E-state index contributed by atoms with van der Waals surface area (Å²) in [5, 5.41) is 12.2. The molecule has 0 aliphatic carbocycles. The Kier molecular flexibility index (Phi) is 2.45. The molecule has 94 valence electrons. The van der Waals surface area contributed by atoms with Crippen molar-refractivity contribution in [2.75, 3.05) is 0 Å². The van der Waals surface area contributed by atoms with Crippen LogP contribution in [0.4, 0.5) is 10.1 Å². The zero-order valence-corrected chi connectivity index (χ0v) is 10.2. The molecule has 3 nitrogen and oxygen atoms in total. The number of halogens is 1. The highest BCUT2D eigenvalue weighted by atomic mass is 19.1. The summed E-state index contributed by atoms with van der Waals surface area (Å²) in [6.07, 6.45) is 0. The van der Waals surface area contributed by atoms with Gasteiger partial charge in [-0.05, 0) is 30.7 Å². The smallest absolute Gasteiger partial charge is 0.273 e. The molecule has 4 heteroatoms. The molecule has 2 aromatic rings. The van der Waals surface area contributed by atoms with Crippen molar-refractivity contribution in [3.8, 4) is 0 Å². The quantitative estimate of drug-likeness (QED) is 0.580. The van der Waals surface area contributed by atoms with Crippen molar-refractivity contribution in [1.82, 2.24) is 0 Å². The fourth-order valence-corrected chi connectivity index (χ4v) is 2.31. The van der Waals surface area contributed by atoms with Gasteiger partial charge in [-0.25, -0.2) is 0 Å². The number of carbonyl (C=O) groups is 1. The van der Waals surface area contributed by atoms with Gasteiger partial charge in [-0.3, -0.25) is 4.79 Å². The molecule has 0 unspecified atom stereocenters. The highest BCUT2D eigenvalue weighted by Gasteiger charge is 2.39. The lowest BCUT2D eigenvalue weighted by Crippen LogP contribution is -2.17. The van der Waals surface area contributed by atoms with E-state index in [0.29, 0.717) is 10.3 Å². The van der Waals surface area contributed by atoms with Crippen LogP contribution in [0, 0.1) is 17.9 Å². The third-order valence-electron chi connectivity index (χ3n) is 3.25. The zero-order chi connectivity index (χ0) is 13.6. The minimum Gasteiger partial charge on any atom is -0.618 e. The van der Waals surface area contributed by atoms with Crippen molar-refractivity contribution in [2.45, 2.75) is 6.92 Å². The first-order valence-corrected chi connectivity index (χ1v) is 5.84. The van der Waals surface area contributed by atoms with E-state index in [1.807, 2.05) is 19.1 Å². The molecule has 0 spiro atoms. The van der Waals surface area contributed by atoms with E-state index in [0.717, 1.165) is 5.56 Å². The van der Waals surface area contributed by atoms with Crippen molar-refractivity contribution >= 4 is 17.2 Å². The molecule has 0 amide bonds. The van der Waals surface area contributed by atoms with Gasteiger partial charge < -0.3 is 5.21 Å². The van der Waals surface area contributed by atoms with E-state index in [1.54, 1.807) is 12.1 Å². The second-order valence-electron chi connectivity index (χ2n) is 4.42. The van der Waals surface area contributed by atoms with Gasteiger partial charge in [-0.1, -0.05) is 24.3 Å². The zero-order valence-electron chi connectivity index (χ0n) is 10.2. The van der Waals surface area contributed by atoms with E-state index in [9.17, 15) is 14.4 Å². The number of carbonyl (C=O) groups excluding carboxylic acids is 1. The first-order valence-electron chi connectivity index (χ1n) is 5.84. The maximum atomic E-state index is 13.7. The molecule has 0 saturated heterocycles. The summed E-state index contributed by atoms with van der Waals surface area (Å²) < 4.78 is 14.1. The Bertz CT molecular complexity index is 735. The van der Waals surface area contributed by atoms with Gasteiger partial charge in [-0.15, -0.1) is 0 Å². The van der Waals surface area contributed by atoms with Crippen molar-refractivity contribution < 1.29 is 13.9 Å². The van der Waals surface area contributed by atoms with E-state index < -0.39 is 11.6 Å². The highest BCUT2D eigenvalue weighted by molar-refractivity contribution is 6.52. The summed E-state index contributed by atoms with van der Waals surface area (Å²) in [4.78, 5) is 12.3. The van der Waals surface area contributed by atoms with Crippen molar-refractivity contribution in [2.24, 2.45) is 0 Å². The maximum Gasteiger partial charge on any atom is 0.273 e. The Morgan fingerprint density at radius 3 is 2.42 bits per heavy atom. The van der Waals surface area contributed by atoms with Crippen LogP contribution in [0.25, 0.3) is 0 Å². The molecule has 0 bridgehead atoms. The number of hydrogen-bond acceptors (Lipinski definition) is 2. The van der Waals surface area contributed by atoms with E-state index in [4.69, 9.17) is 0 Å². The lowest BCUT2D eigenvalue weighted by Gasteiger charge is -2.04. The van der Waals surface area contributed by atoms with Crippen LogP contribution in [-0.4, -0.2) is 16.2 Å². The van der Waals surface area contributed by atoms with Crippen LogP contribution >= 0.6 is 0 Å². The number of nitrogens with zero attached hydrogens (tertiary/aromatic N) is 1. The van der Waals surface area contributed by atoms with E-state index in [-0.39, 0.29) is 17.0 Å². The summed E-state index contributed by atoms with van der Waals surface area (Å²) in [5.74, 6) is -1.11. The fourth-order valence-electron chi connectivity index (χ4n) is 2.31. The molecule has 0 saturated carbocycles. The van der Waals surface area contributed by atoms with Crippen LogP contribution in [0.2, 0.25) is 0 Å². The predicted molar refractivity (Wildman–Crippen MR) is 69.3 cm³/mol. The minimum absolute atomic E-state index is 0.0156. The first kappa shape index (κ1) is 11.6. The number of ketones is 1. The molecule has 0 aromatic heterocycles. The van der Waals surface area contributed by atoms with Crippen LogP contribution < -0.4 is 0 Å². The number of para-hydroxylation sites is 1. The molecule has 2 aromatic carbocycles. The number of aryl methyl sites for hydroxylation is 1. The van der Waals surface area contributed by atoms with E-state index >= 15 is 0 Å². The van der Waals surface area contributed by atoms with Crippen molar-refractivity contribution in [1.29, 1.82) is 0 Å². The number of Topliss-reactive ketones (excluding diaryl/α,β-unsaturated/α-hetero) is 1. The topological polar surface area (TPSA) is 43.1 Å². The SMILES string of the molecule is Cc1ccccc1C1=[N+]([O-])c2c(F)cccc2C1=O. The largest absolute Gasteiger partial charge is 0.618 e. The number of rotatable bonds is 1. The van der Waals surface area contributed by atoms with Gasteiger partial charge >= 0.3 is 0 Å². The van der Waals surface area contributed by atoms with Crippen LogP contribution in [0.1, 0.15) is 21.5 Å².